The Morgan fingerprint density at radius 2 is 1.28 bits per heavy atom. The summed E-state index contributed by atoms with van der Waals surface area (Å²) >= 11 is 0. The largest absolute Gasteiger partial charge is 0.507 e. The maximum atomic E-state index is 10.6. The van der Waals surface area contributed by atoms with Gasteiger partial charge in [0.15, 0.2) is 0 Å². The molecule has 0 saturated carbocycles. The molecule has 3 nitrogen and oxygen atoms in total. The van der Waals surface area contributed by atoms with Crippen LogP contribution in [-0.2, 0) is 0 Å². The molecule has 0 aliphatic carbocycles. The van der Waals surface area contributed by atoms with Gasteiger partial charge in [0.1, 0.15) is 11.5 Å². The first-order chi connectivity index (χ1) is 12.1. The van der Waals surface area contributed by atoms with E-state index < -0.39 is 0 Å². The van der Waals surface area contributed by atoms with Gasteiger partial charge in [0.25, 0.3) is 0 Å². The van der Waals surface area contributed by atoms with Gasteiger partial charge in [0.2, 0.25) is 0 Å². The van der Waals surface area contributed by atoms with Crippen LogP contribution in [0.15, 0.2) is 65.1 Å². The summed E-state index contributed by atoms with van der Waals surface area (Å²) < 4.78 is 6.34. The molecule has 0 radical (unpaired) electrons. The number of phenols is 2. The fourth-order valence-electron chi connectivity index (χ4n) is 3.65. The fourth-order valence-corrected chi connectivity index (χ4v) is 3.65. The van der Waals surface area contributed by atoms with Crippen LogP contribution in [0.25, 0.3) is 43.5 Å². The second-order valence-corrected chi connectivity index (χ2v) is 6.37. The first-order valence-corrected chi connectivity index (χ1v) is 8.16. The normalized spacial score (nSPS) is 11.7. The number of aromatic hydroxyl groups is 2. The Hall–Kier alpha value is -3.33. The van der Waals surface area contributed by atoms with Gasteiger partial charge in [-0.2, -0.15) is 0 Å². The molecule has 0 spiro atoms. The molecule has 5 rings (SSSR count). The van der Waals surface area contributed by atoms with E-state index in [4.69, 9.17) is 4.42 Å². The summed E-state index contributed by atoms with van der Waals surface area (Å²) in [4.78, 5) is 0. The number of phenolic OH excluding ortho intramolecular Hbond substituents is 2. The number of hydrogen-bond donors (Lipinski definition) is 2. The maximum absolute atomic E-state index is 10.6. The summed E-state index contributed by atoms with van der Waals surface area (Å²) in [7, 11) is 0. The van der Waals surface area contributed by atoms with Gasteiger partial charge in [-0.05, 0) is 31.2 Å². The Labute approximate surface area is 143 Å². The zero-order chi connectivity index (χ0) is 17.1. The van der Waals surface area contributed by atoms with Crippen molar-refractivity contribution in [3.8, 4) is 11.5 Å². The molecule has 0 atom stereocenters. The number of benzene rings is 4. The molecule has 0 unspecified atom stereocenters. The molecule has 0 aliphatic heterocycles. The molecular weight excluding hydrogens is 312 g/mol. The van der Waals surface area contributed by atoms with Crippen molar-refractivity contribution in [3.63, 3.8) is 0 Å². The summed E-state index contributed by atoms with van der Waals surface area (Å²) in [6, 6.07) is 19.0. The van der Waals surface area contributed by atoms with E-state index in [-0.39, 0.29) is 11.5 Å². The van der Waals surface area contributed by atoms with Crippen molar-refractivity contribution in [2.75, 3.05) is 0 Å². The van der Waals surface area contributed by atoms with Gasteiger partial charge in [0, 0.05) is 16.3 Å². The standard InChI is InChI=1S/C22H14O3/c1-12-18-10-13-11-19(23)14-6-2-4-8-16(14)21(13)25-22(18)17-9-5-3-7-15(17)20(12)24/h2-11H,1H3,(H-,23,24)/p+1. The molecule has 0 saturated heterocycles. The second kappa shape index (κ2) is 4.84. The van der Waals surface area contributed by atoms with Gasteiger partial charge < -0.3 is 10.2 Å². The van der Waals surface area contributed by atoms with E-state index in [2.05, 4.69) is 0 Å². The molecule has 3 heteroatoms. The van der Waals surface area contributed by atoms with Crippen LogP contribution in [0.2, 0.25) is 0 Å². The molecule has 25 heavy (non-hydrogen) atoms. The minimum atomic E-state index is 0.223. The first kappa shape index (κ1) is 14.1. The van der Waals surface area contributed by atoms with Crippen molar-refractivity contribution in [2.45, 2.75) is 6.92 Å². The average Bonchev–Trinajstić information content (AvgIpc) is 2.65. The van der Waals surface area contributed by atoms with Crippen LogP contribution >= 0.6 is 0 Å². The molecule has 0 bridgehead atoms. The zero-order valence-electron chi connectivity index (χ0n) is 13.6. The van der Waals surface area contributed by atoms with Crippen molar-refractivity contribution < 1.29 is 14.6 Å². The van der Waals surface area contributed by atoms with Crippen LogP contribution in [0.3, 0.4) is 0 Å². The van der Waals surface area contributed by atoms with Crippen molar-refractivity contribution in [2.24, 2.45) is 0 Å². The van der Waals surface area contributed by atoms with Crippen LogP contribution in [0.4, 0.5) is 0 Å². The topological polar surface area (TPSA) is 51.8 Å². The summed E-state index contributed by atoms with van der Waals surface area (Å²) in [5.41, 5.74) is 2.25. The number of rotatable bonds is 0. The fraction of sp³-hybridized carbons (Fsp3) is 0.0455. The van der Waals surface area contributed by atoms with Gasteiger partial charge in [-0.1, -0.05) is 36.4 Å². The highest BCUT2D eigenvalue weighted by Gasteiger charge is 2.23. The third-order valence-corrected chi connectivity index (χ3v) is 4.94. The lowest BCUT2D eigenvalue weighted by Crippen LogP contribution is -1.87. The van der Waals surface area contributed by atoms with Gasteiger partial charge in [-0.25, -0.2) is 4.42 Å². The lowest BCUT2D eigenvalue weighted by Gasteiger charge is -2.06. The number of hydrogen-bond acceptors (Lipinski definition) is 2. The van der Waals surface area contributed by atoms with E-state index in [0.29, 0.717) is 0 Å². The summed E-state index contributed by atoms with van der Waals surface area (Å²) in [6.45, 7) is 1.88. The second-order valence-electron chi connectivity index (χ2n) is 6.37. The van der Waals surface area contributed by atoms with E-state index in [1.165, 1.54) is 0 Å². The zero-order valence-corrected chi connectivity index (χ0v) is 13.6. The van der Waals surface area contributed by atoms with Crippen molar-refractivity contribution >= 4 is 43.5 Å². The predicted molar refractivity (Wildman–Crippen MR) is 101 cm³/mol. The minimum Gasteiger partial charge on any atom is -0.507 e. The summed E-state index contributed by atoms with van der Waals surface area (Å²) in [6.07, 6.45) is 0. The molecule has 4 aromatic carbocycles. The van der Waals surface area contributed by atoms with Gasteiger partial charge >= 0.3 is 11.2 Å². The van der Waals surface area contributed by atoms with Crippen LogP contribution in [0, 0.1) is 6.92 Å². The minimum absolute atomic E-state index is 0.223. The molecule has 0 amide bonds. The van der Waals surface area contributed by atoms with E-state index in [0.717, 1.165) is 49.0 Å². The molecule has 0 aliphatic rings. The lowest BCUT2D eigenvalue weighted by molar-refractivity contribution is 0.478. The van der Waals surface area contributed by atoms with Crippen LogP contribution in [0.5, 0.6) is 11.5 Å². The Bertz CT molecular complexity index is 1320. The van der Waals surface area contributed by atoms with Crippen molar-refractivity contribution in [1.29, 1.82) is 0 Å². The smallest absolute Gasteiger partial charge is 0.369 e. The Balaban J connectivity index is 2.09. The van der Waals surface area contributed by atoms with E-state index >= 15 is 0 Å². The number of fused-ring (bicyclic) bond motifs is 6. The van der Waals surface area contributed by atoms with Crippen molar-refractivity contribution in [3.05, 3.63) is 66.2 Å². The van der Waals surface area contributed by atoms with E-state index in [9.17, 15) is 10.2 Å². The average molecular weight is 327 g/mol. The van der Waals surface area contributed by atoms with E-state index in [1.54, 1.807) is 6.07 Å². The molecule has 2 N–H and O–H groups in total. The highest BCUT2D eigenvalue weighted by atomic mass is 16.3. The van der Waals surface area contributed by atoms with Crippen LogP contribution in [0.1, 0.15) is 5.56 Å². The SMILES string of the molecule is Cc1c(O)c2ccccc2c2[o+]c3c(cc(O)c4ccccc43)cc12. The predicted octanol–water partition coefficient (Wildman–Crippen LogP) is 5.89. The highest BCUT2D eigenvalue weighted by molar-refractivity contribution is 6.14. The third-order valence-electron chi connectivity index (χ3n) is 4.94. The molecular formula is C22H15O3+. The molecule has 1 heterocycles. The Morgan fingerprint density at radius 1 is 0.680 bits per heavy atom. The Morgan fingerprint density at radius 3 is 2.00 bits per heavy atom. The molecule has 5 aromatic rings. The highest BCUT2D eigenvalue weighted by Crippen LogP contribution is 2.41. The van der Waals surface area contributed by atoms with Gasteiger partial charge in [-0.15, -0.1) is 0 Å². The summed E-state index contributed by atoms with van der Waals surface area (Å²) in [5, 5.41) is 25.8. The van der Waals surface area contributed by atoms with E-state index in [1.807, 2.05) is 61.5 Å². The Kier molecular flexibility index (Phi) is 2.72. The lowest BCUT2D eigenvalue weighted by atomic mass is 9.99. The number of aryl methyl sites for hydroxylation is 1. The van der Waals surface area contributed by atoms with Crippen molar-refractivity contribution in [1.82, 2.24) is 0 Å². The summed E-state index contributed by atoms with van der Waals surface area (Å²) in [5.74, 6) is 0.489. The third kappa shape index (κ3) is 1.83. The maximum Gasteiger partial charge on any atom is 0.369 e. The molecule has 120 valence electrons. The van der Waals surface area contributed by atoms with Crippen LogP contribution < -0.4 is 0 Å². The van der Waals surface area contributed by atoms with Gasteiger partial charge in [0.05, 0.1) is 21.5 Å². The molecule has 0 fully saturated rings. The quantitative estimate of drug-likeness (QED) is 0.212. The molecule has 1 aromatic heterocycles. The van der Waals surface area contributed by atoms with Gasteiger partial charge in [-0.3, -0.25) is 0 Å². The first-order valence-electron chi connectivity index (χ1n) is 8.16. The monoisotopic (exact) mass is 327 g/mol. The van der Waals surface area contributed by atoms with Crippen LogP contribution in [-0.4, -0.2) is 10.2 Å².